The molecule has 0 bridgehead atoms. The number of rotatable bonds is 7. The Morgan fingerprint density at radius 2 is 1.59 bits per heavy atom. The number of para-hydroxylation sites is 2. The number of carbonyl (C=O) groups excluding carboxylic acids is 2. The van der Waals surface area contributed by atoms with Crippen LogP contribution in [-0.4, -0.2) is 17.1 Å². The number of hydrogen-bond acceptors (Lipinski definition) is 5. The molecule has 8 heteroatoms. The van der Waals surface area contributed by atoms with Crippen molar-refractivity contribution in [3.8, 4) is 5.75 Å². The van der Waals surface area contributed by atoms with Gasteiger partial charge < -0.3 is 20.9 Å². The van der Waals surface area contributed by atoms with Crippen molar-refractivity contribution in [1.29, 1.82) is 0 Å². The molecule has 4 rings (SSSR count). The number of nitrogen functional groups attached to an aromatic ring is 1. The van der Waals surface area contributed by atoms with Crippen LogP contribution in [-0.2, 0) is 9.53 Å². The van der Waals surface area contributed by atoms with Gasteiger partial charge in [-0.05, 0) is 53.9 Å². The number of aromatic hydroxyl groups is 1. The molecule has 0 radical (unpaired) electrons. The molecule has 4 aromatic rings. The molecule has 0 saturated carbocycles. The summed E-state index contributed by atoms with van der Waals surface area (Å²) in [5.74, 6) is -0.638. The lowest BCUT2D eigenvalue weighted by atomic mass is 9.92. The molecule has 188 valence electrons. The minimum absolute atomic E-state index is 0.125. The maximum atomic E-state index is 12.9. The first kappa shape index (κ1) is 25.8. The quantitative estimate of drug-likeness (QED) is 0.143. The van der Waals surface area contributed by atoms with Crippen LogP contribution in [0.4, 0.5) is 21.9 Å². The molecule has 0 fully saturated rings. The Kier molecular flexibility index (Phi) is 8.10. The summed E-state index contributed by atoms with van der Waals surface area (Å²) in [6, 6.07) is 24.7. The third-order valence-electron chi connectivity index (χ3n) is 5.81. The van der Waals surface area contributed by atoms with Crippen molar-refractivity contribution in [2.24, 2.45) is 5.92 Å². The zero-order valence-electron chi connectivity index (χ0n) is 20.0. The highest BCUT2D eigenvalue weighted by molar-refractivity contribution is 9.10. The lowest BCUT2D eigenvalue weighted by Gasteiger charge is -2.24. The van der Waals surface area contributed by atoms with E-state index in [-0.39, 0.29) is 11.7 Å². The minimum atomic E-state index is -0.758. The van der Waals surface area contributed by atoms with Crippen LogP contribution in [0, 0.1) is 5.92 Å². The van der Waals surface area contributed by atoms with E-state index < -0.39 is 18.1 Å². The van der Waals surface area contributed by atoms with E-state index in [2.05, 4.69) is 26.6 Å². The Morgan fingerprint density at radius 3 is 2.32 bits per heavy atom. The monoisotopic (exact) mass is 559 g/mol. The second-order valence-electron chi connectivity index (χ2n) is 8.47. The van der Waals surface area contributed by atoms with Crippen LogP contribution in [0.15, 0.2) is 102 Å². The van der Waals surface area contributed by atoms with Gasteiger partial charge >= 0.3 is 6.09 Å². The molecule has 2 amide bonds. The summed E-state index contributed by atoms with van der Waals surface area (Å²) in [5.41, 5.74) is 8.15. The van der Waals surface area contributed by atoms with Gasteiger partial charge in [-0.25, -0.2) is 4.79 Å². The number of phenols is 1. The van der Waals surface area contributed by atoms with Crippen molar-refractivity contribution in [2.75, 3.05) is 16.4 Å². The Labute approximate surface area is 223 Å². The number of fused-ring (bicyclic) bond motifs is 1. The normalized spacial score (nSPS) is 12.7. The van der Waals surface area contributed by atoms with E-state index >= 15 is 0 Å². The van der Waals surface area contributed by atoms with Crippen LogP contribution in [0.3, 0.4) is 0 Å². The lowest BCUT2D eigenvalue weighted by Crippen LogP contribution is -2.21. The van der Waals surface area contributed by atoms with E-state index in [1.807, 2.05) is 37.3 Å². The topological polar surface area (TPSA) is 114 Å². The van der Waals surface area contributed by atoms with E-state index in [4.69, 9.17) is 10.5 Å². The Hall–Kier alpha value is -4.30. The van der Waals surface area contributed by atoms with Gasteiger partial charge in [-0.15, -0.1) is 0 Å². The number of ether oxygens (including phenoxy) is 1. The summed E-state index contributed by atoms with van der Waals surface area (Å²) in [6.07, 6.45) is 1.66. The maximum absolute atomic E-state index is 12.9. The number of phenolic OH excluding ortho intramolecular Hbond substituents is 1. The van der Waals surface area contributed by atoms with Crippen molar-refractivity contribution >= 4 is 55.8 Å². The Morgan fingerprint density at radius 1 is 0.919 bits per heavy atom. The van der Waals surface area contributed by atoms with Crippen molar-refractivity contribution in [2.45, 2.75) is 13.0 Å². The number of benzene rings is 4. The largest absolute Gasteiger partial charge is 0.507 e. The number of nitrogens with two attached hydrogens (primary N) is 1. The van der Waals surface area contributed by atoms with E-state index in [0.29, 0.717) is 28.0 Å². The summed E-state index contributed by atoms with van der Waals surface area (Å²) in [4.78, 5) is 25.5. The van der Waals surface area contributed by atoms with Crippen molar-refractivity contribution in [3.05, 3.63) is 107 Å². The van der Waals surface area contributed by atoms with Crippen molar-refractivity contribution in [3.63, 3.8) is 0 Å². The van der Waals surface area contributed by atoms with Gasteiger partial charge in [0.2, 0.25) is 5.91 Å². The first-order valence-corrected chi connectivity index (χ1v) is 12.4. The van der Waals surface area contributed by atoms with Crippen molar-refractivity contribution < 1.29 is 19.4 Å². The van der Waals surface area contributed by atoms with Gasteiger partial charge in [0.05, 0.1) is 11.4 Å². The number of amides is 2. The fraction of sp³-hybridized carbons (Fsp3) is 0.103. The van der Waals surface area contributed by atoms with Crippen LogP contribution in [0.2, 0.25) is 0 Å². The molecule has 5 N–H and O–H groups in total. The van der Waals surface area contributed by atoms with E-state index in [1.165, 1.54) is 6.08 Å². The van der Waals surface area contributed by atoms with E-state index in [1.54, 1.807) is 60.7 Å². The fourth-order valence-corrected chi connectivity index (χ4v) is 4.19. The molecule has 0 aromatic heterocycles. The third-order valence-corrected chi connectivity index (χ3v) is 6.34. The zero-order valence-corrected chi connectivity index (χ0v) is 21.6. The Bertz CT molecular complexity index is 1450. The van der Waals surface area contributed by atoms with Crippen LogP contribution in [0.5, 0.6) is 5.75 Å². The molecule has 0 heterocycles. The van der Waals surface area contributed by atoms with Gasteiger partial charge in [0.15, 0.2) is 0 Å². The maximum Gasteiger partial charge on any atom is 0.412 e. The SMILES string of the molecule is C[C@H](/C=C/C(=O)Nc1ccccc1N)[C@H](OC(=O)Nc1ccc(Br)cc1)c1ccc(O)c2ccccc12. The molecule has 7 nitrogen and oxygen atoms in total. The van der Waals surface area contributed by atoms with Crippen LogP contribution < -0.4 is 16.4 Å². The molecule has 0 aliphatic rings. The summed E-state index contributed by atoms with van der Waals surface area (Å²) >= 11 is 3.37. The summed E-state index contributed by atoms with van der Waals surface area (Å²) in [6.45, 7) is 1.85. The summed E-state index contributed by atoms with van der Waals surface area (Å²) < 4.78 is 6.79. The molecule has 0 spiro atoms. The van der Waals surface area contributed by atoms with Crippen LogP contribution in [0.1, 0.15) is 18.6 Å². The number of carbonyl (C=O) groups is 2. The average Bonchev–Trinajstić information content (AvgIpc) is 2.89. The minimum Gasteiger partial charge on any atom is -0.507 e. The molecule has 4 aromatic carbocycles. The third kappa shape index (κ3) is 6.48. The van der Waals surface area contributed by atoms with Gasteiger partial charge in [0.1, 0.15) is 11.9 Å². The fourth-order valence-electron chi connectivity index (χ4n) is 3.93. The lowest BCUT2D eigenvalue weighted by molar-refractivity contribution is -0.111. The first-order valence-electron chi connectivity index (χ1n) is 11.6. The summed E-state index contributed by atoms with van der Waals surface area (Å²) in [7, 11) is 0. The molecule has 2 atom stereocenters. The first-order chi connectivity index (χ1) is 17.8. The second-order valence-corrected chi connectivity index (χ2v) is 9.39. The molecule has 0 unspecified atom stereocenters. The predicted octanol–water partition coefficient (Wildman–Crippen LogP) is 7.01. The molecule has 0 saturated heterocycles. The molecular weight excluding hydrogens is 534 g/mol. The zero-order chi connectivity index (χ0) is 26.4. The van der Waals surface area contributed by atoms with Gasteiger partial charge in [-0.3, -0.25) is 10.1 Å². The molecular formula is C29H26BrN3O4. The second kappa shape index (κ2) is 11.6. The van der Waals surface area contributed by atoms with Gasteiger partial charge in [0, 0.05) is 27.0 Å². The highest BCUT2D eigenvalue weighted by atomic mass is 79.9. The molecule has 37 heavy (non-hydrogen) atoms. The van der Waals surface area contributed by atoms with Crippen LogP contribution in [0.25, 0.3) is 10.8 Å². The van der Waals surface area contributed by atoms with E-state index in [9.17, 15) is 14.7 Å². The number of hydrogen-bond donors (Lipinski definition) is 4. The highest BCUT2D eigenvalue weighted by Crippen LogP contribution is 2.36. The number of nitrogens with one attached hydrogen (secondary N) is 2. The predicted molar refractivity (Wildman–Crippen MR) is 150 cm³/mol. The van der Waals surface area contributed by atoms with Gasteiger partial charge in [-0.2, -0.15) is 0 Å². The average molecular weight is 560 g/mol. The summed E-state index contributed by atoms with van der Waals surface area (Å²) in [5, 5.41) is 17.2. The smallest absolute Gasteiger partial charge is 0.412 e. The van der Waals surface area contributed by atoms with Gasteiger partial charge in [0.25, 0.3) is 0 Å². The standard InChI is InChI=1S/C29H26BrN3O4/c1-18(10-17-27(35)33-25-9-5-4-8-24(25)31)28(37-29(36)32-20-13-11-19(30)12-14-20)23-15-16-26(34)22-7-3-2-6-21(22)23/h2-18,28,34H,31H2,1H3,(H,32,36)(H,33,35)/b17-10+/t18-,28+/m1/s1. The van der Waals surface area contributed by atoms with Gasteiger partial charge in [-0.1, -0.05) is 71.4 Å². The Balaban J connectivity index is 1.60. The number of halogens is 1. The molecule has 0 aliphatic carbocycles. The number of anilines is 3. The van der Waals surface area contributed by atoms with Crippen LogP contribution >= 0.6 is 15.9 Å². The van der Waals surface area contributed by atoms with E-state index in [0.717, 1.165) is 9.86 Å². The van der Waals surface area contributed by atoms with Crippen molar-refractivity contribution in [1.82, 2.24) is 0 Å². The highest BCUT2D eigenvalue weighted by Gasteiger charge is 2.25. The molecule has 0 aliphatic heterocycles.